The molecule has 1 saturated carbocycles. The van der Waals surface area contributed by atoms with Crippen molar-refractivity contribution in [3.8, 4) is 0 Å². The molecule has 0 spiro atoms. The third-order valence-corrected chi connectivity index (χ3v) is 6.14. The fourth-order valence-corrected chi connectivity index (χ4v) is 4.55. The fraction of sp³-hybridized carbons (Fsp3) is 0.619. The summed E-state index contributed by atoms with van der Waals surface area (Å²) >= 11 is 6.07. The minimum Gasteiger partial charge on any atom is -0.350 e. The van der Waals surface area contributed by atoms with Gasteiger partial charge in [-0.15, -0.1) is 0 Å². The predicted molar refractivity (Wildman–Crippen MR) is 107 cm³/mol. The fourth-order valence-electron chi connectivity index (χ4n) is 4.35. The van der Waals surface area contributed by atoms with Crippen molar-refractivity contribution in [1.29, 1.82) is 0 Å². The molecule has 1 aliphatic heterocycles. The maximum absolute atomic E-state index is 12.8. The van der Waals surface area contributed by atoms with Crippen LogP contribution >= 0.6 is 11.6 Å². The highest BCUT2D eigenvalue weighted by Crippen LogP contribution is 2.28. The van der Waals surface area contributed by atoms with Crippen LogP contribution in [0, 0.1) is 5.92 Å². The average molecular weight is 392 g/mol. The Labute approximate surface area is 166 Å². The van der Waals surface area contributed by atoms with E-state index in [1.807, 2.05) is 12.1 Å². The molecule has 0 aromatic heterocycles. The molecule has 2 aliphatic rings. The number of halogens is 1. The lowest BCUT2D eigenvalue weighted by Gasteiger charge is -2.27. The van der Waals surface area contributed by atoms with Gasteiger partial charge in [0.05, 0.1) is 0 Å². The lowest BCUT2D eigenvalue weighted by Crippen LogP contribution is -2.46. The maximum atomic E-state index is 12.8. The minimum absolute atomic E-state index is 0.0764. The Morgan fingerprint density at radius 2 is 1.89 bits per heavy atom. The zero-order valence-electron chi connectivity index (χ0n) is 15.9. The van der Waals surface area contributed by atoms with Crippen LogP contribution in [-0.4, -0.2) is 29.3 Å². The first-order valence-corrected chi connectivity index (χ1v) is 10.5. The molecule has 2 amide bonds. The normalized spacial score (nSPS) is 20.7. The van der Waals surface area contributed by atoms with Crippen LogP contribution in [0.2, 0.25) is 5.02 Å². The number of nitrogens with one attached hydrogen (secondary N) is 1. The topological polar surface area (TPSA) is 75.4 Å². The number of amides is 2. The molecule has 1 aliphatic carbocycles. The van der Waals surface area contributed by atoms with E-state index in [0.29, 0.717) is 37.0 Å². The van der Waals surface area contributed by atoms with E-state index in [2.05, 4.69) is 5.32 Å². The first-order chi connectivity index (χ1) is 13.1. The second-order valence-corrected chi connectivity index (χ2v) is 8.22. The third kappa shape index (κ3) is 5.23. The molecule has 2 fully saturated rings. The number of nitrogens with two attached hydrogens (primary N) is 1. The molecule has 1 heterocycles. The Hall–Kier alpha value is -1.59. The molecule has 5 nitrogen and oxygen atoms in total. The molecule has 1 unspecified atom stereocenters. The summed E-state index contributed by atoms with van der Waals surface area (Å²) in [6, 6.07) is 5.18. The number of hydrogen-bond donors (Lipinski definition) is 2. The van der Waals surface area contributed by atoms with Crippen LogP contribution in [0.5, 0.6) is 0 Å². The van der Waals surface area contributed by atoms with Crippen molar-refractivity contribution in [2.24, 2.45) is 11.7 Å². The summed E-state index contributed by atoms with van der Waals surface area (Å²) in [5, 5.41) is 3.61. The van der Waals surface area contributed by atoms with Gasteiger partial charge in [-0.05, 0) is 54.9 Å². The molecule has 1 aromatic carbocycles. The molecule has 0 bridgehead atoms. The SMILES string of the molecule is NCc1ccc(Cl)cc1CNC(=O)C1CCCN1C(=O)CC1CCCCC1. The van der Waals surface area contributed by atoms with Crippen LogP contribution < -0.4 is 11.1 Å². The summed E-state index contributed by atoms with van der Waals surface area (Å²) in [5.74, 6) is 0.562. The quantitative estimate of drug-likeness (QED) is 0.780. The smallest absolute Gasteiger partial charge is 0.243 e. The van der Waals surface area contributed by atoms with Crippen LogP contribution in [0.25, 0.3) is 0 Å². The highest BCUT2D eigenvalue weighted by Gasteiger charge is 2.34. The largest absolute Gasteiger partial charge is 0.350 e. The van der Waals surface area contributed by atoms with Gasteiger partial charge in [0.25, 0.3) is 0 Å². The molecule has 27 heavy (non-hydrogen) atoms. The second kappa shape index (κ2) is 9.56. The van der Waals surface area contributed by atoms with Crippen LogP contribution in [0.4, 0.5) is 0 Å². The van der Waals surface area contributed by atoms with Crippen molar-refractivity contribution in [2.45, 2.75) is 70.5 Å². The van der Waals surface area contributed by atoms with Gasteiger partial charge in [0.2, 0.25) is 11.8 Å². The molecule has 0 radical (unpaired) electrons. The van der Waals surface area contributed by atoms with E-state index in [1.54, 1.807) is 11.0 Å². The second-order valence-electron chi connectivity index (χ2n) is 7.79. The van der Waals surface area contributed by atoms with Crippen molar-refractivity contribution in [1.82, 2.24) is 10.2 Å². The zero-order valence-corrected chi connectivity index (χ0v) is 16.6. The Balaban J connectivity index is 1.57. The predicted octanol–water partition coefficient (Wildman–Crippen LogP) is 3.38. The molecule has 148 valence electrons. The molecular weight excluding hydrogens is 362 g/mol. The van der Waals surface area contributed by atoms with Gasteiger partial charge < -0.3 is 16.0 Å². The van der Waals surface area contributed by atoms with Crippen LogP contribution in [0.1, 0.15) is 62.5 Å². The number of nitrogens with zero attached hydrogens (tertiary/aromatic N) is 1. The van der Waals surface area contributed by atoms with Crippen molar-refractivity contribution in [3.63, 3.8) is 0 Å². The van der Waals surface area contributed by atoms with E-state index in [-0.39, 0.29) is 17.9 Å². The van der Waals surface area contributed by atoms with Crippen molar-refractivity contribution < 1.29 is 9.59 Å². The zero-order chi connectivity index (χ0) is 19.2. The molecule has 3 N–H and O–H groups in total. The van der Waals surface area contributed by atoms with Gasteiger partial charge in [-0.2, -0.15) is 0 Å². The van der Waals surface area contributed by atoms with E-state index in [9.17, 15) is 9.59 Å². The highest BCUT2D eigenvalue weighted by atomic mass is 35.5. The molecule has 6 heteroatoms. The van der Waals surface area contributed by atoms with Crippen molar-refractivity contribution >= 4 is 23.4 Å². The summed E-state index contributed by atoms with van der Waals surface area (Å²) < 4.78 is 0. The van der Waals surface area contributed by atoms with Crippen molar-refractivity contribution in [2.75, 3.05) is 6.54 Å². The van der Waals surface area contributed by atoms with E-state index in [1.165, 1.54) is 19.3 Å². The highest BCUT2D eigenvalue weighted by molar-refractivity contribution is 6.30. The van der Waals surface area contributed by atoms with Gasteiger partial charge in [-0.25, -0.2) is 0 Å². The molecule has 3 rings (SSSR count). The summed E-state index contributed by atoms with van der Waals surface area (Å²) in [6.45, 7) is 1.47. The Kier molecular flexibility index (Phi) is 7.13. The Morgan fingerprint density at radius 3 is 2.63 bits per heavy atom. The minimum atomic E-state index is -0.346. The molecule has 1 saturated heterocycles. The maximum Gasteiger partial charge on any atom is 0.243 e. The van der Waals surface area contributed by atoms with Gasteiger partial charge in [0, 0.05) is 31.1 Å². The number of likely N-dealkylation sites (tertiary alicyclic amines) is 1. The van der Waals surface area contributed by atoms with E-state index >= 15 is 0 Å². The first-order valence-electron chi connectivity index (χ1n) is 10.1. The summed E-state index contributed by atoms with van der Waals surface area (Å²) in [5.41, 5.74) is 7.67. The standard InChI is InChI=1S/C21H30ClN3O2/c22-18-9-8-16(13-23)17(12-18)14-24-21(27)19-7-4-10-25(19)20(26)11-15-5-2-1-3-6-15/h8-9,12,15,19H,1-7,10-11,13-14,23H2,(H,24,27). The van der Waals surface area contributed by atoms with E-state index in [0.717, 1.165) is 36.8 Å². The molecule has 1 aromatic rings. The first kappa shape index (κ1) is 20.2. The van der Waals surface area contributed by atoms with Crippen molar-refractivity contribution in [3.05, 3.63) is 34.3 Å². The van der Waals surface area contributed by atoms with Gasteiger partial charge in [0.1, 0.15) is 6.04 Å². The Morgan fingerprint density at radius 1 is 1.11 bits per heavy atom. The summed E-state index contributed by atoms with van der Waals surface area (Å²) in [4.78, 5) is 27.3. The monoisotopic (exact) mass is 391 g/mol. The molecular formula is C21H30ClN3O2. The van der Waals surface area contributed by atoms with Gasteiger partial charge >= 0.3 is 0 Å². The lowest BCUT2D eigenvalue weighted by molar-refractivity contribution is -0.139. The number of benzene rings is 1. The van der Waals surface area contributed by atoms with Gasteiger partial charge in [-0.3, -0.25) is 9.59 Å². The van der Waals surface area contributed by atoms with E-state index in [4.69, 9.17) is 17.3 Å². The van der Waals surface area contributed by atoms with Crippen LogP contribution in [-0.2, 0) is 22.7 Å². The number of carbonyl (C=O) groups is 2. The van der Waals surface area contributed by atoms with Crippen LogP contribution in [0.3, 0.4) is 0 Å². The van der Waals surface area contributed by atoms with Gasteiger partial charge in [0.15, 0.2) is 0 Å². The number of carbonyl (C=O) groups excluding carboxylic acids is 2. The summed E-state index contributed by atoms with van der Waals surface area (Å²) in [7, 11) is 0. The van der Waals surface area contributed by atoms with Gasteiger partial charge in [-0.1, -0.05) is 36.9 Å². The number of hydrogen-bond acceptors (Lipinski definition) is 3. The Bertz CT molecular complexity index is 673. The molecule has 1 atom stereocenters. The summed E-state index contributed by atoms with van der Waals surface area (Å²) in [6.07, 6.45) is 8.25. The number of rotatable bonds is 6. The average Bonchev–Trinajstić information content (AvgIpc) is 3.17. The third-order valence-electron chi connectivity index (χ3n) is 5.91. The lowest BCUT2D eigenvalue weighted by atomic mass is 9.86. The van der Waals surface area contributed by atoms with Crippen LogP contribution in [0.15, 0.2) is 18.2 Å². The van der Waals surface area contributed by atoms with E-state index < -0.39 is 0 Å².